The van der Waals surface area contributed by atoms with E-state index in [9.17, 15) is 14.4 Å². The molecule has 1 rings (SSSR count). The van der Waals surface area contributed by atoms with Crippen LogP contribution < -0.4 is 5.32 Å². The van der Waals surface area contributed by atoms with Crippen LogP contribution in [-0.4, -0.2) is 40.5 Å². The molecule has 0 aliphatic carbocycles. The summed E-state index contributed by atoms with van der Waals surface area (Å²) in [4.78, 5) is 33.3. The smallest absolute Gasteiger partial charge is 0.324 e. The normalized spacial score (nSPS) is 21.9. The molecular formula is C7H10N2O4. The molecule has 1 saturated heterocycles. The van der Waals surface area contributed by atoms with E-state index in [-0.39, 0.29) is 18.9 Å². The third-order valence-corrected chi connectivity index (χ3v) is 1.77. The molecule has 1 aliphatic heterocycles. The Morgan fingerprint density at radius 1 is 1.62 bits per heavy atom. The van der Waals surface area contributed by atoms with Gasteiger partial charge in [-0.1, -0.05) is 0 Å². The first kappa shape index (κ1) is 9.50. The van der Waals surface area contributed by atoms with E-state index >= 15 is 0 Å². The molecule has 72 valence electrons. The maximum atomic E-state index is 11.2. The number of amides is 3. The summed E-state index contributed by atoms with van der Waals surface area (Å²) in [5.74, 6) is -1.40. The van der Waals surface area contributed by atoms with Gasteiger partial charge in [0.2, 0.25) is 0 Å². The van der Waals surface area contributed by atoms with Crippen molar-refractivity contribution in [1.82, 2.24) is 10.2 Å². The summed E-state index contributed by atoms with van der Waals surface area (Å²) in [5, 5.41) is 10.7. The number of hydrogen-bond acceptors (Lipinski definition) is 3. The molecule has 0 spiro atoms. The zero-order valence-corrected chi connectivity index (χ0v) is 7.11. The van der Waals surface area contributed by atoms with Crippen LogP contribution in [0.25, 0.3) is 0 Å². The minimum absolute atomic E-state index is 0.0651. The highest BCUT2D eigenvalue weighted by Gasteiger charge is 2.34. The molecule has 3 amide bonds. The topological polar surface area (TPSA) is 86.7 Å². The quantitative estimate of drug-likeness (QED) is 0.576. The minimum atomic E-state index is -1.03. The number of imide groups is 1. The second kappa shape index (κ2) is 3.42. The minimum Gasteiger partial charge on any atom is -0.481 e. The molecule has 1 atom stereocenters. The van der Waals surface area contributed by atoms with Gasteiger partial charge in [-0.15, -0.1) is 0 Å². The number of urea groups is 1. The first-order chi connectivity index (χ1) is 6.02. The first-order valence-electron chi connectivity index (χ1n) is 3.86. The molecule has 0 aromatic carbocycles. The van der Waals surface area contributed by atoms with Gasteiger partial charge in [-0.05, 0) is 6.92 Å². The molecule has 6 nitrogen and oxygen atoms in total. The van der Waals surface area contributed by atoms with Crippen LogP contribution in [0.2, 0.25) is 0 Å². The van der Waals surface area contributed by atoms with E-state index in [0.717, 1.165) is 4.90 Å². The van der Waals surface area contributed by atoms with Crippen LogP contribution in [0.4, 0.5) is 4.79 Å². The molecule has 0 saturated carbocycles. The number of hydrogen-bond donors (Lipinski definition) is 2. The number of aliphatic carboxylic acids is 1. The summed E-state index contributed by atoms with van der Waals surface area (Å²) in [6, 6.07) is -1.06. The van der Waals surface area contributed by atoms with E-state index in [4.69, 9.17) is 5.11 Å². The Morgan fingerprint density at radius 2 is 2.23 bits per heavy atom. The lowest BCUT2D eigenvalue weighted by Crippen LogP contribution is -2.33. The third kappa shape index (κ3) is 1.95. The molecule has 1 fully saturated rings. The lowest BCUT2D eigenvalue weighted by Gasteiger charge is -2.09. The molecule has 2 N–H and O–H groups in total. The van der Waals surface area contributed by atoms with Crippen LogP contribution in [0.15, 0.2) is 0 Å². The number of rotatable bonds is 3. The van der Waals surface area contributed by atoms with E-state index in [0.29, 0.717) is 0 Å². The van der Waals surface area contributed by atoms with Gasteiger partial charge in [0.1, 0.15) is 6.04 Å². The summed E-state index contributed by atoms with van der Waals surface area (Å²) in [6.45, 7) is 1.49. The van der Waals surface area contributed by atoms with E-state index in [1.807, 2.05) is 0 Å². The van der Waals surface area contributed by atoms with Gasteiger partial charge in [0, 0.05) is 6.54 Å². The average molecular weight is 186 g/mol. The van der Waals surface area contributed by atoms with Gasteiger partial charge in [-0.3, -0.25) is 14.5 Å². The molecule has 1 aliphatic rings. The molecule has 0 aromatic rings. The number of carboxylic acid groups (broad SMARTS) is 1. The van der Waals surface area contributed by atoms with Crippen molar-refractivity contribution in [3.63, 3.8) is 0 Å². The summed E-state index contributed by atoms with van der Waals surface area (Å²) < 4.78 is 0. The highest BCUT2D eigenvalue weighted by molar-refractivity contribution is 6.04. The maximum Gasteiger partial charge on any atom is 0.324 e. The fraction of sp³-hybridized carbons (Fsp3) is 0.571. The Balaban J connectivity index is 2.54. The van der Waals surface area contributed by atoms with Crippen molar-refractivity contribution in [2.45, 2.75) is 19.4 Å². The van der Waals surface area contributed by atoms with Gasteiger partial charge >= 0.3 is 12.0 Å². The molecule has 0 bridgehead atoms. The molecule has 1 unspecified atom stereocenters. The number of carbonyl (C=O) groups excluding carboxylic acids is 2. The van der Waals surface area contributed by atoms with Crippen molar-refractivity contribution < 1.29 is 19.5 Å². The van der Waals surface area contributed by atoms with Gasteiger partial charge < -0.3 is 10.4 Å². The second-order valence-electron chi connectivity index (χ2n) is 2.80. The molecule has 0 aromatic heterocycles. The number of nitrogens with one attached hydrogen (secondary N) is 1. The molecule has 0 radical (unpaired) electrons. The van der Waals surface area contributed by atoms with Gasteiger partial charge in [-0.25, -0.2) is 4.79 Å². The van der Waals surface area contributed by atoms with Gasteiger partial charge in [0.05, 0.1) is 6.42 Å². The Hall–Kier alpha value is -1.59. The van der Waals surface area contributed by atoms with E-state index in [1.54, 1.807) is 6.92 Å². The Labute approximate surface area is 74.5 Å². The van der Waals surface area contributed by atoms with Crippen molar-refractivity contribution in [3.05, 3.63) is 0 Å². The highest BCUT2D eigenvalue weighted by atomic mass is 16.4. The molecule has 1 heterocycles. The summed E-state index contributed by atoms with van der Waals surface area (Å²) in [7, 11) is 0. The lowest BCUT2D eigenvalue weighted by atomic mass is 10.3. The van der Waals surface area contributed by atoms with E-state index in [2.05, 4.69) is 5.32 Å². The van der Waals surface area contributed by atoms with Gasteiger partial charge in [0.15, 0.2) is 0 Å². The Morgan fingerprint density at radius 3 is 2.62 bits per heavy atom. The summed E-state index contributed by atoms with van der Waals surface area (Å²) >= 11 is 0. The Kier molecular flexibility index (Phi) is 2.50. The van der Waals surface area contributed by atoms with Crippen molar-refractivity contribution in [3.8, 4) is 0 Å². The molecular weight excluding hydrogens is 176 g/mol. The SMILES string of the molecule is CC1NC(=O)N(CCC(=O)O)C1=O. The standard InChI is InChI=1S/C7H10N2O4/c1-4-6(12)9(7(13)8-4)3-2-5(10)11/h4H,2-3H2,1H3,(H,8,13)(H,10,11). The number of carbonyl (C=O) groups is 3. The fourth-order valence-corrected chi connectivity index (χ4v) is 1.08. The monoisotopic (exact) mass is 186 g/mol. The lowest BCUT2D eigenvalue weighted by molar-refractivity contribution is -0.137. The number of carboxylic acids is 1. The highest BCUT2D eigenvalue weighted by Crippen LogP contribution is 2.05. The maximum absolute atomic E-state index is 11.2. The van der Waals surface area contributed by atoms with Crippen LogP contribution in [0.1, 0.15) is 13.3 Å². The predicted molar refractivity (Wildman–Crippen MR) is 42.0 cm³/mol. The van der Waals surface area contributed by atoms with E-state index in [1.165, 1.54) is 0 Å². The fourth-order valence-electron chi connectivity index (χ4n) is 1.08. The van der Waals surface area contributed by atoms with Crippen LogP contribution >= 0.6 is 0 Å². The molecule has 6 heteroatoms. The molecule has 13 heavy (non-hydrogen) atoms. The first-order valence-corrected chi connectivity index (χ1v) is 3.86. The zero-order chi connectivity index (χ0) is 10.0. The van der Waals surface area contributed by atoms with Crippen molar-refractivity contribution in [2.24, 2.45) is 0 Å². The Bertz CT molecular complexity index is 263. The second-order valence-corrected chi connectivity index (χ2v) is 2.80. The third-order valence-electron chi connectivity index (χ3n) is 1.77. The van der Waals surface area contributed by atoms with Crippen molar-refractivity contribution >= 4 is 17.9 Å². The van der Waals surface area contributed by atoms with Crippen LogP contribution in [0.5, 0.6) is 0 Å². The summed E-state index contributed by atoms with van der Waals surface area (Å²) in [5.41, 5.74) is 0. The van der Waals surface area contributed by atoms with E-state index < -0.39 is 18.0 Å². The zero-order valence-electron chi connectivity index (χ0n) is 7.11. The van der Waals surface area contributed by atoms with Crippen LogP contribution in [-0.2, 0) is 9.59 Å². The predicted octanol–water partition coefficient (Wildman–Crippen LogP) is -0.599. The summed E-state index contributed by atoms with van der Waals surface area (Å²) in [6.07, 6.45) is -0.216. The van der Waals surface area contributed by atoms with Gasteiger partial charge in [0.25, 0.3) is 5.91 Å². The average Bonchev–Trinajstić information content (AvgIpc) is 2.24. The van der Waals surface area contributed by atoms with Crippen LogP contribution in [0, 0.1) is 0 Å². The largest absolute Gasteiger partial charge is 0.481 e. The van der Waals surface area contributed by atoms with Crippen molar-refractivity contribution in [1.29, 1.82) is 0 Å². The van der Waals surface area contributed by atoms with Crippen molar-refractivity contribution in [2.75, 3.05) is 6.54 Å². The van der Waals surface area contributed by atoms with Crippen LogP contribution in [0.3, 0.4) is 0 Å². The van der Waals surface area contributed by atoms with Gasteiger partial charge in [-0.2, -0.15) is 0 Å². The number of nitrogens with zero attached hydrogens (tertiary/aromatic N) is 1.